The van der Waals surface area contributed by atoms with Crippen molar-refractivity contribution < 1.29 is 0 Å². The van der Waals surface area contributed by atoms with Gasteiger partial charge in [0.1, 0.15) is 5.69 Å². The highest BCUT2D eigenvalue weighted by molar-refractivity contribution is 7.10. The zero-order chi connectivity index (χ0) is 24.0. The lowest BCUT2D eigenvalue weighted by atomic mass is 10.0. The molecule has 0 saturated carbocycles. The van der Waals surface area contributed by atoms with E-state index < -0.39 is 0 Å². The summed E-state index contributed by atoms with van der Waals surface area (Å²) < 4.78 is 0. The number of H-pyrrole nitrogens is 1. The highest BCUT2D eigenvalue weighted by Crippen LogP contribution is 2.25. The molecule has 0 fully saturated rings. The van der Waals surface area contributed by atoms with E-state index in [0.717, 1.165) is 52.9 Å². The minimum atomic E-state index is 0.850. The van der Waals surface area contributed by atoms with Crippen molar-refractivity contribution >= 4 is 22.4 Å². The number of fused-ring (bicyclic) bond motifs is 1. The van der Waals surface area contributed by atoms with Gasteiger partial charge >= 0.3 is 0 Å². The number of hydrogen-bond donors (Lipinski definition) is 1. The number of aromatic amines is 1. The van der Waals surface area contributed by atoms with E-state index in [9.17, 15) is 0 Å². The first-order valence-corrected chi connectivity index (χ1v) is 12.8. The number of nitrogens with zero attached hydrogens (tertiary/aromatic N) is 3. The van der Waals surface area contributed by atoms with Crippen LogP contribution in [0.1, 0.15) is 54.5 Å². The van der Waals surface area contributed by atoms with Crippen molar-refractivity contribution in [3.8, 4) is 11.5 Å². The van der Waals surface area contributed by atoms with E-state index in [1.54, 1.807) is 11.3 Å². The molecule has 0 aliphatic heterocycles. The molecular weight excluding hydrogens is 424 g/mol. The van der Waals surface area contributed by atoms with Crippen LogP contribution in [-0.4, -0.2) is 40.5 Å². The van der Waals surface area contributed by atoms with Crippen LogP contribution >= 0.6 is 11.3 Å². The second-order valence-electron chi connectivity index (χ2n) is 9.53. The van der Waals surface area contributed by atoms with Crippen LogP contribution in [0.3, 0.4) is 0 Å². The third kappa shape index (κ3) is 7.24. The second-order valence-corrected chi connectivity index (χ2v) is 10.5. The van der Waals surface area contributed by atoms with Gasteiger partial charge in [-0.05, 0) is 69.1 Å². The van der Waals surface area contributed by atoms with Crippen molar-refractivity contribution in [2.45, 2.75) is 53.9 Å². The van der Waals surface area contributed by atoms with Crippen LogP contribution in [0.4, 0.5) is 0 Å². The molecule has 4 nitrogen and oxygen atoms in total. The number of imidazole rings is 1. The zero-order valence-corrected chi connectivity index (χ0v) is 22.0. The van der Waals surface area contributed by atoms with E-state index >= 15 is 0 Å². The van der Waals surface area contributed by atoms with E-state index in [-0.39, 0.29) is 0 Å². The number of nitrogens with one attached hydrogen (secondary N) is 1. The number of aryl methyl sites for hydroxylation is 2. The highest BCUT2D eigenvalue weighted by atomic mass is 32.1. The summed E-state index contributed by atoms with van der Waals surface area (Å²) in [6.45, 7) is 12.0. The Morgan fingerprint density at radius 2 is 1.79 bits per heavy atom. The zero-order valence-electron chi connectivity index (χ0n) is 21.2. The number of rotatable bonds is 7. The van der Waals surface area contributed by atoms with E-state index in [2.05, 4.69) is 100 Å². The van der Waals surface area contributed by atoms with Crippen LogP contribution < -0.4 is 0 Å². The summed E-state index contributed by atoms with van der Waals surface area (Å²) >= 11 is 1.70. The maximum atomic E-state index is 4.84. The molecule has 2 heterocycles. The summed E-state index contributed by atoms with van der Waals surface area (Å²) in [5, 5.41) is 3.22. The molecule has 1 N–H and O–H groups in total. The standard InChI is InChI=1S/C23H26N4S.C5H12/c1-15-5-6-16(2)18(11-15)13-22-24-21(14-28-22)23-25-19-8-7-17(9-10-27(3)4)12-20(19)26-23;1-4-5(2)3/h5-8,11-12,14H,9-10,13H2,1-4H3,(H,25,26);5H,4H2,1-3H3. The molecule has 0 aliphatic rings. The fourth-order valence-electron chi connectivity index (χ4n) is 3.34. The summed E-state index contributed by atoms with van der Waals surface area (Å²) in [5.41, 5.74) is 8.27. The van der Waals surface area contributed by atoms with Crippen LogP contribution in [0.2, 0.25) is 0 Å². The van der Waals surface area contributed by atoms with E-state index in [0.29, 0.717) is 0 Å². The molecule has 0 bridgehead atoms. The van der Waals surface area contributed by atoms with Crippen molar-refractivity contribution in [2.24, 2.45) is 5.92 Å². The van der Waals surface area contributed by atoms with Gasteiger partial charge < -0.3 is 9.88 Å². The number of thiazole rings is 1. The average molecular weight is 463 g/mol. The Morgan fingerprint density at radius 3 is 2.48 bits per heavy atom. The molecule has 0 saturated heterocycles. The Labute approximate surface area is 203 Å². The summed E-state index contributed by atoms with van der Waals surface area (Å²) in [5.74, 6) is 1.73. The first-order valence-electron chi connectivity index (χ1n) is 11.9. The molecule has 33 heavy (non-hydrogen) atoms. The molecule has 4 aromatic rings. The van der Waals surface area contributed by atoms with Gasteiger partial charge in [-0.3, -0.25) is 0 Å². The normalized spacial score (nSPS) is 11.3. The van der Waals surface area contributed by atoms with Crippen molar-refractivity contribution in [3.63, 3.8) is 0 Å². The van der Waals surface area contributed by atoms with Gasteiger partial charge in [0.2, 0.25) is 0 Å². The molecule has 2 aromatic heterocycles. The number of aromatic nitrogens is 3. The van der Waals surface area contributed by atoms with E-state index in [1.165, 1.54) is 28.7 Å². The Balaban J connectivity index is 0.000000555. The molecule has 2 aromatic carbocycles. The molecule has 0 aliphatic carbocycles. The quantitative estimate of drug-likeness (QED) is 0.320. The second kappa shape index (κ2) is 11.6. The fourth-order valence-corrected chi connectivity index (χ4v) is 4.14. The predicted octanol–water partition coefficient (Wildman–Crippen LogP) is 7.05. The van der Waals surface area contributed by atoms with Crippen molar-refractivity contribution in [1.82, 2.24) is 19.9 Å². The van der Waals surface area contributed by atoms with Crippen LogP contribution in [0.25, 0.3) is 22.6 Å². The van der Waals surface area contributed by atoms with Crippen LogP contribution in [0.5, 0.6) is 0 Å². The van der Waals surface area contributed by atoms with Gasteiger partial charge in [-0.1, -0.05) is 57.0 Å². The summed E-state index contributed by atoms with van der Waals surface area (Å²) in [7, 11) is 4.20. The lowest BCUT2D eigenvalue weighted by Crippen LogP contribution is -2.14. The maximum Gasteiger partial charge on any atom is 0.158 e. The largest absolute Gasteiger partial charge is 0.337 e. The number of benzene rings is 2. The first kappa shape index (κ1) is 25.1. The van der Waals surface area contributed by atoms with Gasteiger partial charge in [-0.25, -0.2) is 9.97 Å². The Bertz CT molecular complexity index is 1170. The molecule has 0 radical (unpaired) electrons. The Kier molecular flexibility index (Phi) is 8.81. The van der Waals surface area contributed by atoms with Gasteiger partial charge in [-0.2, -0.15) is 0 Å². The monoisotopic (exact) mass is 462 g/mol. The molecule has 0 atom stereocenters. The smallest absolute Gasteiger partial charge is 0.158 e. The number of hydrogen-bond acceptors (Lipinski definition) is 4. The Morgan fingerprint density at radius 1 is 1.03 bits per heavy atom. The summed E-state index contributed by atoms with van der Waals surface area (Å²) in [4.78, 5) is 15.3. The molecule has 0 amide bonds. The number of likely N-dealkylation sites (N-methyl/N-ethyl adjacent to an activating group) is 1. The molecule has 0 spiro atoms. The SMILES string of the molecule is CCC(C)C.Cc1ccc(C)c(Cc2nc(-c3nc4ccc(CCN(C)C)cc4[nH]3)cs2)c1. The Hall–Kier alpha value is -2.50. The minimum Gasteiger partial charge on any atom is -0.337 e. The third-order valence-electron chi connectivity index (χ3n) is 5.85. The summed E-state index contributed by atoms with van der Waals surface area (Å²) in [6, 6.07) is 13.1. The van der Waals surface area contributed by atoms with Gasteiger partial charge in [0.25, 0.3) is 0 Å². The fraction of sp³-hybridized carbons (Fsp3) is 0.429. The van der Waals surface area contributed by atoms with Crippen molar-refractivity contribution in [2.75, 3.05) is 20.6 Å². The molecule has 176 valence electrons. The van der Waals surface area contributed by atoms with Crippen molar-refractivity contribution in [3.05, 3.63) is 69.0 Å². The minimum absolute atomic E-state index is 0.850. The molecule has 5 heteroatoms. The predicted molar refractivity (Wildman–Crippen MR) is 143 cm³/mol. The van der Waals surface area contributed by atoms with Gasteiger partial charge in [0, 0.05) is 18.3 Å². The molecule has 4 rings (SSSR count). The van der Waals surface area contributed by atoms with Crippen LogP contribution in [-0.2, 0) is 12.8 Å². The lowest BCUT2D eigenvalue weighted by molar-refractivity contribution is 0.414. The van der Waals surface area contributed by atoms with E-state index in [1.807, 2.05) is 0 Å². The van der Waals surface area contributed by atoms with Crippen LogP contribution in [0.15, 0.2) is 41.8 Å². The summed E-state index contributed by atoms with van der Waals surface area (Å²) in [6.07, 6.45) is 3.21. The van der Waals surface area contributed by atoms with Gasteiger partial charge in [0.15, 0.2) is 5.82 Å². The van der Waals surface area contributed by atoms with Gasteiger partial charge in [-0.15, -0.1) is 11.3 Å². The van der Waals surface area contributed by atoms with Gasteiger partial charge in [0.05, 0.1) is 16.0 Å². The highest BCUT2D eigenvalue weighted by Gasteiger charge is 2.11. The molecular formula is C28H38N4S. The van der Waals surface area contributed by atoms with E-state index in [4.69, 9.17) is 9.97 Å². The first-order chi connectivity index (χ1) is 15.7. The topological polar surface area (TPSA) is 44.8 Å². The third-order valence-corrected chi connectivity index (χ3v) is 6.70. The van der Waals surface area contributed by atoms with Crippen molar-refractivity contribution in [1.29, 1.82) is 0 Å². The van der Waals surface area contributed by atoms with Crippen LogP contribution in [0, 0.1) is 19.8 Å². The maximum absolute atomic E-state index is 4.84. The average Bonchev–Trinajstić information content (AvgIpc) is 3.41. The lowest BCUT2D eigenvalue weighted by Gasteiger charge is -2.08. The molecule has 0 unspecified atom stereocenters.